The van der Waals surface area contributed by atoms with Gasteiger partial charge in [-0.25, -0.2) is 4.98 Å². The number of hydrogen-bond acceptors (Lipinski definition) is 1. The van der Waals surface area contributed by atoms with E-state index in [1.54, 1.807) is 0 Å². The van der Waals surface area contributed by atoms with Crippen molar-refractivity contribution in [3.05, 3.63) is 59.7 Å². The van der Waals surface area contributed by atoms with Crippen molar-refractivity contribution in [3.8, 4) is 0 Å². The summed E-state index contributed by atoms with van der Waals surface area (Å²) in [6.07, 6.45) is 5.38. The molecule has 0 radical (unpaired) electrons. The molecule has 1 aliphatic heterocycles. The van der Waals surface area contributed by atoms with Crippen molar-refractivity contribution in [2.75, 3.05) is 0 Å². The highest BCUT2D eigenvalue weighted by Crippen LogP contribution is 2.28. The first-order valence-electron chi connectivity index (χ1n) is 5.64. The molecule has 0 unspecified atom stereocenters. The Kier molecular flexibility index (Phi) is 2.13. The average Bonchev–Trinajstić information content (AvgIpc) is 2.73. The molecule has 2 aromatic rings. The summed E-state index contributed by atoms with van der Waals surface area (Å²) >= 11 is 0. The van der Waals surface area contributed by atoms with Gasteiger partial charge in [-0.05, 0) is 18.9 Å². The molecule has 0 atom stereocenters. The summed E-state index contributed by atoms with van der Waals surface area (Å²) in [6, 6.07) is 10.5. The Hall–Kier alpha value is -1.83. The summed E-state index contributed by atoms with van der Waals surface area (Å²) in [4.78, 5) is 4.40. The molecule has 0 saturated heterocycles. The van der Waals surface area contributed by atoms with E-state index in [-0.39, 0.29) is 0 Å². The lowest BCUT2D eigenvalue weighted by molar-refractivity contribution is 0.665. The number of allylic oxidation sites excluding steroid dienone is 1. The average molecular weight is 210 g/mol. The van der Waals surface area contributed by atoms with E-state index >= 15 is 0 Å². The quantitative estimate of drug-likeness (QED) is 0.707. The maximum atomic E-state index is 4.40. The maximum absolute atomic E-state index is 4.40. The first kappa shape index (κ1) is 9.40. The molecule has 0 spiro atoms. The number of hydrogen-bond donors (Lipinski definition) is 0. The fourth-order valence-electron chi connectivity index (χ4n) is 2.29. The van der Waals surface area contributed by atoms with Gasteiger partial charge in [0.2, 0.25) is 0 Å². The Morgan fingerprint density at radius 2 is 2.00 bits per heavy atom. The van der Waals surface area contributed by atoms with Gasteiger partial charge in [-0.15, -0.1) is 0 Å². The first-order chi connectivity index (χ1) is 7.86. The molecule has 2 heterocycles. The zero-order valence-corrected chi connectivity index (χ0v) is 9.35. The van der Waals surface area contributed by atoms with Gasteiger partial charge >= 0.3 is 0 Å². The van der Waals surface area contributed by atoms with E-state index in [9.17, 15) is 0 Å². The van der Waals surface area contributed by atoms with Crippen LogP contribution in [0.15, 0.2) is 42.6 Å². The topological polar surface area (TPSA) is 17.8 Å². The minimum absolute atomic E-state index is 1.05. The molecule has 16 heavy (non-hydrogen) atoms. The van der Waals surface area contributed by atoms with Gasteiger partial charge in [0, 0.05) is 12.1 Å². The van der Waals surface area contributed by atoms with Gasteiger partial charge in [-0.2, -0.15) is 0 Å². The van der Waals surface area contributed by atoms with Gasteiger partial charge in [0.15, 0.2) is 0 Å². The van der Waals surface area contributed by atoms with E-state index < -0.39 is 0 Å². The van der Waals surface area contributed by atoms with Crippen LogP contribution in [0.3, 0.4) is 0 Å². The highest BCUT2D eigenvalue weighted by Gasteiger charge is 2.15. The summed E-state index contributed by atoms with van der Waals surface area (Å²) in [5, 5.41) is 0. The normalized spacial score (nSPS) is 14.4. The molecule has 0 saturated carbocycles. The van der Waals surface area contributed by atoms with Crippen LogP contribution < -0.4 is 0 Å². The Morgan fingerprint density at radius 3 is 2.81 bits per heavy atom. The number of rotatable bonds is 1. The highest BCUT2D eigenvalue weighted by molar-refractivity contribution is 5.78. The molecular weight excluding hydrogens is 196 g/mol. The van der Waals surface area contributed by atoms with Crippen LogP contribution in [0.4, 0.5) is 0 Å². The molecule has 1 aromatic carbocycles. The molecule has 80 valence electrons. The van der Waals surface area contributed by atoms with Crippen molar-refractivity contribution in [1.82, 2.24) is 9.55 Å². The number of nitrogens with zero attached hydrogens (tertiary/aromatic N) is 2. The third-order valence-corrected chi connectivity index (χ3v) is 3.12. The van der Waals surface area contributed by atoms with Crippen LogP contribution in [0.1, 0.15) is 23.5 Å². The van der Waals surface area contributed by atoms with Crippen LogP contribution in [-0.4, -0.2) is 9.55 Å². The molecule has 2 heteroatoms. The summed E-state index contributed by atoms with van der Waals surface area (Å²) in [5.41, 5.74) is 3.84. The Labute approximate surface area is 95.3 Å². The lowest BCUT2D eigenvalue weighted by atomic mass is 10.00. The number of benzene rings is 1. The van der Waals surface area contributed by atoms with E-state index in [0.717, 1.165) is 18.8 Å². The van der Waals surface area contributed by atoms with Crippen LogP contribution in [0.25, 0.3) is 5.57 Å². The molecule has 0 fully saturated rings. The molecule has 0 bridgehead atoms. The Morgan fingerprint density at radius 1 is 1.19 bits per heavy atom. The molecule has 1 aromatic heterocycles. The smallest absolute Gasteiger partial charge is 0.105 e. The molecular formula is C14H14N2. The zero-order valence-electron chi connectivity index (χ0n) is 9.35. The minimum Gasteiger partial charge on any atom is -0.328 e. The fourth-order valence-corrected chi connectivity index (χ4v) is 2.29. The standard InChI is InChI=1S/C14H14N2/c1-11-15-10-14-13(8-5-9-16(11)14)12-6-3-2-4-7-12/h2-4,6-8,10H,5,9H2,1H3. The van der Waals surface area contributed by atoms with Crippen molar-refractivity contribution in [2.24, 2.45) is 0 Å². The molecule has 3 rings (SSSR count). The maximum Gasteiger partial charge on any atom is 0.105 e. The largest absolute Gasteiger partial charge is 0.328 e. The second kappa shape index (κ2) is 3.63. The predicted molar refractivity (Wildman–Crippen MR) is 65.1 cm³/mol. The zero-order chi connectivity index (χ0) is 11.0. The fraction of sp³-hybridized carbons (Fsp3) is 0.214. The van der Waals surface area contributed by atoms with Gasteiger partial charge in [0.1, 0.15) is 5.82 Å². The van der Waals surface area contributed by atoms with Crippen molar-refractivity contribution >= 4 is 5.57 Å². The van der Waals surface area contributed by atoms with Crippen LogP contribution in [-0.2, 0) is 6.54 Å². The predicted octanol–water partition coefficient (Wildman–Crippen LogP) is 3.03. The monoisotopic (exact) mass is 210 g/mol. The number of aryl methyl sites for hydroxylation is 1. The van der Waals surface area contributed by atoms with Crippen LogP contribution >= 0.6 is 0 Å². The molecule has 0 aliphatic carbocycles. The van der Waals surface area contributed by atoms with Gasteiger partial charge in [0.05, 0.1) is 11.9 Å². The second-order valence-electron chi connectivity index (χ2n) is 4.11. The SMILES string of the molecule is Cc1ncc2n1CCC=C2c1ccccc1. The van der Waals surface area contributed by atoms with Crippen LogP contribution in [0.5, 0.6) is 0 Å². The third-order valence-electron chi connectivity index (χ3n) is 3.12. The van der Waals surface area contributed by atoms with E-state index in [2.05, 4.69) is 52.9 Å². The summed E-state index contributed by atoms with van der Waals surface area (Å²) in [6.45, 7) is 3.12. The van der Waals surface area contributed by atoms with Gasteiger partial charge < -0.3 is 4.57 Å². The Balaban J connectivity index is 2.13. The number of imidazole rings is 1. The molecule has 0 N–H and O–H groups in total. The third kappa shape index (κ3) is 1.38. The van der Waals surface area contributed by atoms with Crippen molar-refractivity contribution in [2.45, 2.75) is 19.9 Å². The van der Waals surface area contributed by atoms with Crippen molar-refractivity contribution in [3.63, 3.8) is 0 Å². The van der Waals surface area contributed by atoms with E-state index in [1.165, 1.54) is 16.8 Å². The number of fused-ring (bicyclic) bond motifs is 1. The van der Waals surface area contributed by atoms with Gasteiger partial charge in [-0.1, -0.05) is 36.4 Å². The lowest BCUT2D eigenvalue weighted by Gasteiger charge is -2.17. The lowest BCUT2D eigenvalue weighted by Crippen LogP contribution is -2.09. The van der Waals surface area contributed by atoms with E-state index in [1.807, 2.05) is 6.20 Å². The number of aromatic nitrogens is 2. The Bertz CT molecular complexity index is 535. The minimum atomic E-state index is 1.05. The van der Waals surface area contributed by atoms with Crippen LogP contribution in [0, 0.1) is 6.92 Å². The molecule has 0 amide bonds. The molecule has 2 nitrogen and oxygen atoms in total. The summed E-state index contributed by atoms with van der Waals surface area (Å²) in [7, 11) is 0. The van der Waals surface area contributed by atoms with Crippen LogP contribution in [0.2, 0.25) is 0 Å². The van der Waals surface area contributed by atoms with E-state index in [4.69, 9.17) is 0 Å². The second-order valence-corrected chi connectivity index (χ2v) is 4.11. The highest BCUT2D eigenvalue weighted by atomic mass is 15.1. The molecule has 1 aliphatic rings. The summed E-state index contributed by atoms with van der Waals surface area (Å²) < 4.78 is 2.29. The first-order valence-corrected chi connectivity index (χ1v) is 5.64. The summed E-state index contributed by atoms with van der Waals surface area (Å²) in [5.74, 6) is 1.11. The van der Waals surface area contributed by atoms with Gasteiger partial charge in [0.25, 0.3) is 0 Å². The van der Waals surface area contributed by atoms with E-state index in [0.29, 0.717) is 0 Å². The van der Waals surface area contributed by atoms with Crippen molar-refractivity contribution in [1.29, 1.82) is 0 Å². The van der Waals surface area contributed by atoms with Gasteiger partial charge in [-0.3, -0.25) is 0 Å². The van der Waals surface area contributed by atoms with Crippen molar-refractivity contribution < 1.29 is 0 Å².